The number of piperazine rings is 1. The molecule has 2 N–H and O–H groups in total. The molecule has 0 unspecified atom stereocenters. The Morgan fingerprint density at radius 3 is 2.70 bits per heavy atom. The SMILES string of the molecule is [B][I-]N1CCN(c2ccc(-c3nc4c(C(=O)O)c[nH]c4cc3Cl)cn2)CC1. The molecule has 1 saturated heterocycles. The van der Waals surface area contributed by atoms with Gasteiger partial charge in [0.1, 0.15) is 0 Å². The predicted molar refractivity (Wildman–Crippen MR) is 101 cm³/mol. The van der Waals surface area contributed by atoms with E-state index in [9.17, 15) is 9.90 Å². The van der Waals surface area contributed by atoms with E-state index in [1.807, 2.05) is 12.1 Å². The van der Waals surface area contributed by atoms with Gasteiger partial charge in [0.25, 0.3) is 0 Å². The number of aromatic nitrogens is 3. The minimum atomic E-state index is -1.03. The van der Waals surface area contributed by atoms with Gasteiger partial charge in [-0.25, -0.2) is 4.79 Å². The van der Waals surface area contributed by atoms with E-state index in [2.05, 4.69) is 23.0 Å². The molecular weight excluding hydrogens is 479 g/mol. The van der Waals surface area contributed by atoms with Crippen LogP contribution in [0.5, 0.6) is 0 Å². The van der Waals surface area contributed by atoms with Crippen LogP contribution in [0.25, 0.3) is 22.3 Å². The summed E-state index contributed by atoms with van der Waals surface area (Å²) in [4.78, 5) is 25.5. The quantitative estimate of drug-likeness (QED) is 0.280. The summed E-state index contributed by atoms with van der Waals surface area (Å²) in [6, 6.07) is 5.55. The van der Waals surface area contributed by atoms with Crippen molar-refractivity contribution in [3.05, 3.63) is 41.2 Å². The zero-order valence-corrected chi connectivity index (χ0v) is 17.1. The molecule has 3 aromatic rings. The van der Waals surface area contributed by atoms with Crippen LogP contribution >= 0.6 is 11.6 Å². The first-order chi connectivity index (χ1) is 13.1. The van der Waals surface area contributed by atoms with Crippen LogP contribution in [0.3, 0.4) is 0 Å². The summed E-state index contributed by atoms with van der Waals surface area (Å²) in [7, 11) is 0. The molecular formula is C17H15BClIN5O2-. The van der Waals surface area contributed by atoms with Crippen LogP contribution in [0.1, 0.15) is 10.4 Å². The Balaban J connectivity index is 1.63. The van der Waals surface area contributed by atoms with Gasteiger partial charge in [0.2, 0.25) is 0 Å². The first-order valence-electron chi connectivity index (χ1n) is 8.28. The van der Waals surface area contributed by atoms with Gasteiger partial charge in [0.05, 0.1) is 0 Å². The first kappa shape index (κ1) is 18.5. The fourth-order valence-electron chi connectivity index (χ4n) is 3.11. The Morgan fingerprint density at radius 2 is 2.07 bits per heavy atom. The molecule has 7 nitrogen and oxygen atoms in total. The van der Waals surface area contributed by atoms with Gasteiger partial charge in [-0.3, -0.25) is 0 Å². The minimum absolute atomic E-state index is 0.119. The number of nitrogens with zero attached hydrogens (tertiary/aromatic N) is 4. The second kappa shape index (κ2) is 7.65. The first-order valence-corrected chi connectivity index (χ1v) is 10.9. The number of nitrogens with one attached hydrogen (secondary N) is 1. The van der Waals surface area contributed by atoms with Gasteiger partial charge in [0.15, 0.2) is 0 Å². The van der Waals surface area contributed by atoms with Crippen molar-refractivity contribution in [3.63, 3.8) is 0 Å². The molecule has 3 aromatic heterocycles. The molecule has 27 heavy (non-hydrogen) atoms. The summed E-state index contributed by atoms with van der Waals surface area (Å²) >= 11 is 6.02. The average Bonchev–Trinajstić information content (AvgIpc) is 3.10. The van der Waals surface area contributed by atoms with Crippen LogP contribution < -0.4 is 26.2 Å². The summed E-state index contributed by atoms with van der Waals surface area (Å²) in [5, 5.41) is 9.74. The second-order valence-electron chi connectivity index (χ2n) is 6.12. The molecule has 4 heterocycles. The zero-order chi connectivity index (χ0) is 19.0. The van der Waals surface area contributed by atoms with Crippen molar-refractivity contribution in [1.29, 1.82) is 0 Å². The number of carbonyl (C=O) groups is 1. The van der Waals surface area contributed by atoms with E-state index in [0.717, 1.165) is 37.6 Å². The average molecular weight is 495 g/mol. The maximum atomic E-state index is 11.4. The van der Waals surface area contributed by atoms with E-state index in [-0.39, 0.29) is 26.8 Å². The van der Waals surface area contributed by atoms with Gasteiger partial charge in [-0.15, -0.1) is 0 Å². The third-order valence-electron chi connectivity index (χ3n) is 4.54. The van der Waals surface area contributed by atoms with E-state index >= 15 is 0 Å². The Kier molecular flexibility index (Phi) is 5.24. The van der Waals surface area contributed by atoms with Crippen LogP contribution in [0.15, 0.2) is 30.6 Å². The summed E-state index contributed by atoms with van der Waals surface area (Å²) in [6.45, 7) is 3.73. The van der Waals surface area contributed by atoms with E-state index in [1.54, 1.807) is 12.3 Å². The van der Waals surface area contributed by atoms with E-state index in [4.69, 9.17) is 17.3 Å². The topological polar surface area (TPSA) is 85.4 Å². The molecule has 4 rings (SSSR count). The zero-order valence-electron chi connectivity index (χ0n) is 14.2. The molecule has 1 aliphatic rings. The summed E-state index contributed by atoms with van der Waals surface area (Å²) in [5.74, 6) is -0.131. The molecule has 0 spiro atoms. The van der Waals surface area contributed by atoms with Gasteiger partial charge in [-0.2, -0.15) is 0 Å². The Hall–Kier alpha value is -1.85. The molecule has 2 radical (unpaired) electrons. The number of aromatic amines is 1. The molecule has 0 atom stereocenters. The number of carboxylic acids is 1. The fourth-order valence-corrected chi connectivity index (χ4v) is 4.36. The summed E-state index contributed by atoms with van der Waals surface area (Å²) in [5.41, 5.74) is 8.14. The van der Waals surface area contributed by atoms with Crippen molar-refractivity contribution < 1.29 is 31.2 Å². The van der Waals surface area contributed by atoms with Crippen LogP contribution in [-0.4, -0.2) is 61.0 Å². The third-order valence-corrected chi connectivity index (χ3v) is 6.58. The Morgan fingerprint density at radius 1 is 1.30 bits per heavy atom. The maximum absolute atomic E-state index is 11.4. The van der Waals surface area contributed by atoms with E-state index in [1.165, 1.54) is 6.20 Å². The molecule has 0 aliphatic carbocycles. The fraction of sp³-hybridized carbons (Fsp3) is 0.235. The van der Waals surface area contributed by atoms with Crippen molar-refractivity contribution >= 4 is 40.1 Å². The summed E-state index contributed by atoms with van der Waals surface area (Å²) in [6.07, 6.45) is 3.15. The van der Waals surface area contributed by atoms with Crippen molar-refractivity contribution in [2.24, 2.45) is 0 Å². The number of pyridine rings is 2. The van der Waals surface area contributed by atoms with Gasteiger partial charge in [0, 0.05) is 6.20 Å². The van der Waals surface area contributed by atoms with Crippen molar-refractivity contribution in [2.75, 3.05) is 31.1 Å². The van der Waals surface area contributed by atoms with Gasteiger partial charge in [-0.05, 0) is 0 Å². The molecule has 138 valence electrons. The molecule has 0 amide bonds. The number of hydrogen-bond acceptors (Lipinski definition) is 5. The van der Waals surface area contributed by atoms with E-state index < -0.39 is 5.97 Å². The molecule has 0 bridgehead atoms. The summed E-state index contributed by atoms with van der Waals surface area (Å²) < 4.78 is 2.31. The molecule has 0 aromatic carbocycles. The number of rotatable bonds is 4. The number of hydrogen-bond donors (Lipinski definition) is 2. The number of aromatic carboxylic acids is 1. The monoisotopic (exact) mass is 494 g/mol. The van der Waals surface area contributed by atoms with E-state index in [0.29, 0.717) is 21.7 Å². The number of carboxylic acid groups (broad SMARTS) is 1. The molecule has 1 aliphatic heterocycles. The molecule has 10 heteroatoms. The molecule has 0 saturated carbocycles. The normalized spacial score (nSPS) is 15.5. The number of H-pyrrole nitrogens is 1. The third kappa shape index (κ3) is 3.63. The second-order valence-corrected chi connectivity index (χ2v) is 8.45. The van der Waals surface area contributed by atoms with Crippen LogP contribution in [0.4, 0.5) is 5.82 Å². The Labute approximate surface area is 172 Å². The van der Waals surface area contributed by atoms with Gasteiger partial charge in [-0.1, -0.05) is 0 Å². The van der Waals surface area contributed by atoms with Gasteiger partial charge >= 0.3 is 152 Å². The Bertz CT molecular complexity index is 989. The van der Waals surface area contributed by atoms with Crippen LogP contribution in [0, 0.1) is 0 Å². The predicted octanol–water partition coefficient (Wildman–Crippen LogP) is -0.814. The number of fused-ring (bicyclic) bond motifs is 1. The van der Waals surface area contributed by atoms with Crippen molar-refractivity contribution in [2.45, 2.75) is 0 Å². The number of anilines is 1. The standard InChI is InChI=1S/C17H15BClIN5O2/c18-20-25-5-3-24(4-6-25)14-2-1-10(8-22-14)15-12(19)7-13-16(23-15)11(9-21-13)17(26)27/h1-2,7-9,21H,3-6H2,(H,26,27)/q-1. The van der Waals surface area contributed by atoms with Crippen LogP contribution in [-0.2, 0) is 0 Å². The molecule has 1 fully saturated rings. The van der Waals surface area contributed by atoms with Crippen LogP contribution in [0.2, 0.25) is 5.02 Å². The van der Waals surface area contributed by atoms with Crippen molar-refractivity contribution in [3.8, 4) is 11.3 Å². The van der Waals surface area contributed by atoms with Crippen molar-refractivity contribution in [1.82, 2.24) is 18.1 Å². The number of halogens is 2. The van der Waals surface area contributed by atoms with Gasteiger partial charge < -0.3 is 10.1 Å².